The highest BCUT2D eigenvalue weighted by molar-refractivity contribution is 6.01. The minimum absolute atomic E-state index is 0.0741. The Morgan fingerprint density at radius 3 is 2.18 bits per heavy atom. The van der Waals surface area contributed by atoms with Crippen LogP contribution in [0.4, 0.5) is 10.1 Å². The molecule has 9 nitrogen and oxygen atoms in total. The zero-order valence-corrected chi connectivity index (χ0v) is 18.4. The van der Waals surface area contributed by atoms with Gasteiger partial charge in [0.25, 0.3) is 5.69 Å². The number of ether oxygens (including phenoxy) is 3. The standard InChI is InChI=1S/C23H21FN2O7/c1-13-9-17(14(2)25(13)16-7-5-15(24)6-8-16)20(27)12-33-23(28)18-10-21(31-3)22(32-4)11-19(18)26(29)30/h5-11H,12H2,1-4H3. The monoisotopic (exact) mass is 456 g/mol. The average Bonchev–Trinajstić information content (AvgIpc) is 3.10. The van der Waals surface area contributed by atoms with Gasteiger partial charge in [-0.3, -0.25) is 14.9 Å². The van der Waals surface area contributed by atoms with Gasteiger partial charge in [0, 0.05) is 28.7 Å². The first-order chi connectivity index (χ1) is 15.7. The summed E-state index contributed by atoms with van der Waals surface area (Å²) in [5.41, 5.74) is 1.37. The highest BCUT2D eigenvalue weighted by atomic mass is 19.1. The number of esters is 1. The first-order valence-electron chi connectivity index (χ1n) is 9.73. The van der Waals surface area contributed by atoms with Gasteiger partial charge in [-0.25, -0.2) is 9.18 Å². The molecule has 2 aromatic carbocycles. The van der Waals surface area contributed by atoms with Crippen molar-refractivity contribution >= 4 is 17.4 Å². The number of aryl methyl sites for hydroxylation is 1. The molecule has 3 aromatic rings. The lowest BCUT2D eigenvalue weighted by Gasteiger charge is -2.11. The number of nitrogens with zero attached hydrogens (tertiary/aromatic N) is 2. The molecule has 0 spiro atoms. The smallest absolute Gasteiger partial charge is 0.345 e. The molecule has 0 bridgehead atoms. The number of hydrogen-bond donors (Lipinski definition) is 0. The molecule has 0 radical (unpaired) electrons. The summed E-state index contributed by atoms with van der Waals surface area (Å²) in [6, 6.07) is 9.60. The molecule has 0 aliphatic rings. The second kappa shape index (κ2) is 9.51. The summed E-state index contributed by atoms with van der Waals surface area (Å²) in [7, 11) is 2.62. The second-order valence-corrected chi connectivity index (χ2v) is 7.08. The third-order valence-corrected chi connectivity index (χ3v) is 5.07. The summed E-state index contributed by atoms with van der Waals surface area (Å²) in [6.45, 7) is 2.87. The molecule has 0 saturated carbocycles. The molecule has 0 saturated heterocycles. The van der Waals surface area contributed by atoms with Crippen LogP contribution in [-0.2, 0) is 4.74 Å². The summed E-state index contributed by atoms with van der Waals surface area (Å²) >= 11 is 0. The van der Waals surface area contributed by atoms with Crippen LogP contribution in [0.25, 0.3) is 5.69 Å². The van der Waals surface area contributed by atoms with Gasteiger partial charge in [-0.1, -0.05) is 0 Å². The van der Waals surface area contributed by atoms with E-state index in [4.69, 9.17) is 14.2 Å². The summed E-state index contributed by atoms with van der Waals surface area (Å²) < 4.78 is 30.2. The normalized spacial score (nSPS) is 10.6. The van der Waals surface area contributed by atoms with Gasteiger partial charge in [-0.15, -0.1) is 0 Å². The Balaban J connectivity index is 1.83. The number of halogens is 1. The van der Waals surface area contributed by atoms with Crippen LogP contribution >= 0.6 is 0 Å². The lowest BCUT2D eigenvalue weighted by molar-refractivity contribution is -0.385. The Morgan fingerprint density at radius 2 is 1.61 bits per heavy atom. The zero-order chi connectivity index (χ0) is 24.3. The van der Waals surface area contributed by atoms with Crippen molar-refractivity contribution in [2.24, 2.45) is 0 Å². The number of carbonyl (C=O) groups excluding carboxylic acids is 2. The molecule has 3 rings (SSSR count). The number of benzene rings is 2. The topological polar surface area (TPSA) is 110 Å². The van der Waals surface area contributed by atoms with Crippen molar-refractivity contribution in [3.8, 4) is 17.2 Å². The lowest BCUT2D eigenvalue weighted by Crippen LogP contribution is -2.16. The molecule has 1 aromatic heterocycles. The Bertz CT molecular complexity index is 1230. The van der Waals surface area contributed by atoms with Gasteiger partial charge in [-0.2, -0.15) is 0 Å². The van der Waals surface area contributed by atoms with E-state index in [1.807, 2.05) is 0 Å². The zero-order valence-electron chi connectivity index (χ0n) is 18.4. The van der Waals surface area contributed by atoms with Crippen molar-refractivity contribution in [2.45, 2.75) is 13.8 Å². The van der Waals surface area contributed by atoms with Crippen molar-refractivity contribution in [3.05, 3.63) is 80.9 Å². The maximum absolute atomic E-state index is 13.3. The molecule has 172 valence electrons. The Kier molecular flexibility index (Phi) is 6.76. The van der Waals surface area contributed by atoms with Crippen LogP contribution in [-0.4, -0.2) is 42.1 Å². The first-order valence-corrected chi connectivity index (χ1v) is 9.73. The number of carbonyl (C=O) groups is 2. The fraction of sp³-hybridized carbons (Fsp3) is 0.217. The molecule has 1 heterocycles. The largest absolute Gasteiger partial charge is 0.493 e. The molecule has 0 aliphatic carbocycles. The molecule has 0 fully saturated rings. The highest BCUT2D eigenvalue weighted by Crippen LogP contribution is 2.35. The fourth-order valence-electron chi connectivity index (χ4n) is 3.50. The van der Waals surface area contributed by atoms with E-state index < -0.39 is 29.0 Å². The van der Waals surface area contributed by atoms with E-state index in [-0.39, 0.29) is 22.9 Å². The number of Topliss-reactive ketones (excluding diaryl/α,β-unsaturated/α-hetero) is 1. The van der Waals surface area contributed by atoms with Crippen LogP contribution in [0.5, 0.6) is 11.5 Å². The highest BCUT2D eigenvalue weighted by Gasteiger charge is 2.27. The molecule has 0 N–H and O–H groups in total. The van der Waals surface area contributed by atoms with Gasteiger partial charge < -0.3 is 18.8 Å². The maximum Gasteiger partial charge on any atom is 0.345 e. The van der Waals surface area contributed by atoms with Gasteiger partial charge in [0.15, 0.2) is 18.1 Å². The number of ketones is 1. The maximum atomic E-state index is 13.3. The van der Waals surface area contributed by atoms with Crippen molar-refractivity contribution < 1.29 is 33.1 Å². The van der Waals surface area contributed by atoms with E-state index in [0.29, 0.717) is 16.9 Å². The minimum atomic E-state index is -1.05. The third-order valence-electron chi connectivity index (χ3n) is 5.07. The van der Waals surface area contributed by atoms with Crippen molar-refractivity contribution in [1.29, 1.82) is 0 Å². The third kappa shape index (κ3) is 4.69. The van der Waals surface area contributed by atoms with Gasteiger partial charge in [0.05, 0.1) is 25.2 Å². The van der Waals surface area contributed by atoms with Crippen molar-refractivity contribution in [1.82, 2.24) is 4.57 Å². The second-order valence-electron chi connectivity index (χ2n) is 7.08. The van der Waals surface area contributed by atoms with E-state index in [1.165, 1.54) is 26.4 Å². The van der Waals surface area contributed by atoms with Gasteiger partial charge >= 0.3 is 5.97 Å². The van der Waals surface area contributed by atoms with Crippen LogP contribution in [0.3, 0.4) is 0 Å². The van der Waals surface area contributed by atoms with Crippen LogP contribution in [0, 0.1) is 29.8 Å². The number of nitro groups is 1. The quantitative estimate of drug-likeness (QED) is 0.216. The summed E-state index contributed by atoms with van der Waals surface area (Å²) in [4.78, 5) is 36.0. The number of rotatable bonds is 8. The summed E-state index contributed by atoms with van der Waals surface area (Å²) in [6.07, 6.45) is 0. The van der Waals surface area contributed by atoms with E-state index >= 15 is 0 Å². The van der Waals surface area contributed by atoms with Crippen LogP contribution in [0.1, 0.15) is 32.1 Å². The number of aromatic nitrogens is 1. The Morgan fingerprint density at radius 1 is 1.00 bits per heavy atom. The number of hydrogen-bond acceptors (Lipinski definition) is 7. The lowest BCUT2D eigenvalue weighted by atomic mass is 10.1. The van der Waals surface area contributed by atoms with E-state index in [1.54, 1.807) is 36.6 Å². The Hall–Kier alpha value is -4.21. The van der Waals surface area contributed by atoms with Crippen LogP contribution < -0.4 is 9.47 Å². The molecule has 0 aliphatic heterocycles. The predicted octanol–water partition coefficient (Wildman–Crippen LogP) is 4.20. The molecular formula is C23H21FN2O7. The summed E-state index contributed by atoms with van der Waals surface area (Å²) in [5, 5.41) is 11.4. The summed E-state index contributed by atoms with van der Waals surface area (Å²) in [5.74, 6) is -1.75. The van der Waals surface area contributed by atoms with E-state index in [0.717, 1.165) is 17.8 Å². The molecule has 33 heavy (non-hydrogen) atoms. The van der Waals surface area contributed by atoms with E-state index in [9.17, 15) is 24.1 Å². The van der Waals surface area contributed by atoms with Gasteiger partial charge in [-0.05, 0) is 44.2 Å². The number of nitro benzene ring substituents is 1. The van der Waals surface area contributed by atoms with E-state index in [2.05, 4.69) is 0 Å². The first kappa shape index (κ1) is 23.5. The molecule has 0 amide bonds. The van der Waals surface area contributed by atoms with Crippen LogP contribution in [0.2, 0.25) is 0 Å². The van der Waals surface area contributed by atoms with Crippen molar-refractivity contribution in [2.75, 3.05) is 20.8 Å². The molecule has 0 atom stereocenters. The minimum Gasteiger partial charge on any atom is -0.493 e. The number of methoxy groups -OCH3 is 2. The average molecular weight is 456 g/mol. The van der Waals surface area contributed by atoms with Crippen molar-refractivity contribution in [3.63, 3.8) is 0 Å². The van der Waals surface area contributed by atoms with Crippen LogP contribution in [0.15, 0.2) is 42.5 Å². The molecule has 0 unspecified atom stereocenters. The SMILES string of the molecule is COc1cc(C(=O)OCC(=O)c2cc(C)n(-c3ccc(F)cc3)c2C)c([N+](=O)[O-])cc1OC. The van der Waals surface area contributed by atoms with Gasteiger partial charge in [0.2, 0.25) is 5.78 Å². The molecular weight excluding hydrogens is 435 g/mol. The molecule has 10 heteroatoms. The Labute approximate surface area is 188 Å². The van der Waals surface area contributed by atoms with Gasteiger partial charge in [0.1, 0.15) is 11.4 Å². The fourth-order valence-corrected chi connectivity index (χ4v) is 3.50. The predicted molar refractivity (Wildman–Crippen MR) is 116 cm³/mol.